The van der Waals surface area contributed by atoms with E-state index < -0.39 is 0 Å². The van der Waals surface area contributed by atoms with Gasteiger partial charge in [0.05, 0.1) is 10.5 Å². The Bertz CT molecular complexity index is 476. The van der Waals surface area contributed by atoms with Crippen LogP contribution in [0.4, 0.5) is 0 Å². The van der Waals surface area contributed by atoms with Gasteiger partial charge >= 0.3 is 0 Å². The Morgan fingerprint density at radius 2 is 2.12 bits per heavy atom. The Kier molecular flexibility index (Phi) is 4.46. The standard InChI is InChI=1S/C14H19ClN2/c1-2-8-16-9-4-10-17-11-7-12-5-3-6-13(15)14(12)17/h3,5-7,11,16H,2,4,8-10H2,1H3. The van der Waals surface area contributed by atoms with Gasteiger partial charge in [-0.3, -0.25) is 0 Å². The number of rotatable bonds is 6. The van der Waals surface area contributed by atoms with Crippen molar-refractivity contribution in [3.63, 3.8) is 0 Å². The van der Waals surface area contributed by atoms with Crippen molar-refractivity contribution in [1.82, 2.24) is 9.88 Å². The highest BCUT2D eigenvalue weighted by atomic mass is 35.5. The summed E-state index contributed by atoms with van der Waals surface area (Å²) in [6.07, 6.45) is 4.45. The van der Waals surface area contributed by atoms with Gasteiger partial charge in [0.2, 0.25) is 0 Å². The van der Waals surface area contributed by atoms with Gasteiger partial charge in [0.25, 0.3) is 0 Å². The maximum atomic E-state index is 6.23. The van der Waals surface area contributed by atoms with E-state index in [1.165, 1.54) is 11.8 Å². The molecule has 0 radical (unpaired) electrons. The van der Waals surface area contributed by atoms with Gasteiger partial charge in [-0.2, -0.15) is 0 Å². The van der Waals surface area contributed by atoms with Crippen molar-refractivity contribution >= 4 is 22.5 Å². The quantitative estimate of drug-likeness (QED) is 0.774. The summed E-state index contributed by atoms with van der Waals surface area (Å²) < 4.78 is 2.24. The molecule has 1 aromatic carbocycles. The summed E-state index contributed by atoms with van der Waals surface area (Å²) in [5.41, 5.74) is 1.16. The fraction of sp³-hybridized carbons (Fsp3) is 0.429. The van der Waals surface area contributed by atoms with Crippen molar-refractivity contribution in [3.8, 4) is 0 Å². The Balaban J connectivity index is 1.99. The van der Waals surface area contributed by atoms with Gasteiger partial charge < -0.3 is 9.88 Å². The molecule has 0 atom stereocenters. The minimum atomic E-state index is 0.842. The van der Waals surface area contributed by atoms with Crippen LogP contribution in [-0.4, -0.2) is 17.7 Å². The van der Waals surface area contributed by atoms with Crippen LogP contribution in [0.25, 0.3) is 10.9 Å². The third-order valence-electron chi connectivity index (χ3n) is 2.92. The third-order valence-corrected chi connectivity index (χ3v) is 3.22. The van der Waals surface area contributed by atoms with E-state index in [2.05, 4.69) is 35.1 Å². The Labute approximate surface area is 108 Å². The lowest BCUT2D eigenvalue weighted by molar-refractivity contribution is 0.588. The summed E-state index contributed by atoms with van der Waals surface area (Å²) in [4.78, 5) is 0. The zero-order valence-electron chi connectivity index (χ0n) is 10.2. The van der Waals surface area contributed by atoms with Crippen LogP contribution in [0.5, 0.6) is 0 Å². The van der Waals surface area contributed by atoms with Gasteiger partial charge in [0.1, 0.15) is 0 Å². The molecule has 0 aliphatic heterocycles. The molecule has 0 bridgehead atoms. The first kappa shape index (κ1) is 12.5. The average Bonchev–Trinajstić information content (AvgIpc) is 2.74. The monoisotopic (exact) mass is 250 g/mol. The molecule has 0 aliphatic rings. The van der Waals surface area contributed by atoms with Crippen molar-refractivity contribution in [2.45, 2.75) is 26.3 Å². The van der Waals surface area contributed by atoms with E-state index >= 15 is 0 Å². The molecule has 0 amide bonds. The van der Waals surface area contributed by atoms with E-state index in [0.29, 0.717) is 0 Å². The van der Waals surface area contributed by atoms with Gasteiger partial charge in [-0.25, -0.2) is 0 Å². The van der Waals surface area contributed by atoms with Crippen LogP contribution in [0.2, 0.25) is 5.02 Å². The zero-order valence-corrected chi connectivity index (χ0v) is 11.0. The van der Waals surface area contributed by atoms with E-state index in [1.54, 1.807) is 0 Å². The molecule has 1 N–H and O–H groups in total. The molecule has 3 heteroatoms. The van der Waals surface area contributed by atoms with Gasteiger partial charge in [0.15, 0.2) is 0 Å². The maximum absolute atomic E-state index is 6.23. The van der Waals surface area contributed by atoms with Crippen molar-refractivity contribution in [3.05, 3.63) is 35.5 Å². The van der Waals surface area contributed by atoms with Crippen molar-refractivity contribution in [2.24, 2.45) is 0 Å². The van der Waals surface area contributed by atoms with E-state index in [1.807, 2.05) is 12.1 Å². The third kappa shape index (κ3) is 3.02. The summed E-state index contributed by atoms with van der Waals surface area (Å²) in [7, 11) is 0. The first-order valence-corrected chi connectivity index (χ1v) is 6.65. The number of nitrogens with zero attached hydrogens (tertiary/aromatic N) is 1. The Morgan fingerprint density at radius 1 is 1.24 bits per heavy atom. The van der Waals surface area contributed by atoms with Gasteiger partial charge in [-0.15, -0.1) is 0 Å². The predicted molar refractivity (Wildman–Crippen MR) is 74.7 cm³/mol. The van der Waals surface area contributed by atoms with E-state index in [4.69, 9.17) is 11.6 Å². The molecular weight excluding hydrogens is 232 g/mol. The number of aryl methyl sites for hydroxylation is 1. The Morgan fingerprint density at radius 3 is 2.94 bits per heavy atom. The number of fused-ring (bicyclic) bond motifs is 1. The molecule has 0 unspecified atom stereocenters. The lowest BCUT2D eigenvalue weighted by Crippen LogP contribution is -2.17. The second kappa shape index (κ2) is 6.08. The van der Waals surface area contributed by atoms with Gasteiger partial charge in [0, 0.05) is 18.1 Å². The zero-order chi connectivity index (χ0) is 12.1. The number of benzene rings is 1. The predicted octanol–water partition coefficient (Wildman–Crippen LogP) is 3.68. The van der Waals surface area contributed by atoms with Crippen LogP contribution in [0.15, 0.2) is 30.5 Å². The summed E-state index contributed by atoms with van der Waals surface area (Å²) in [6, 6.07) is 8.18. The second-order valence-corrected chi connectivity index (χ2v) is 4.70. The molecule has 1 heterocycles. The number of nitrogens with one attached hydrogen (secondary N) is 1. The highest BCUT2D eigenvalue weighted by Gasteiger charge is 2.03. The van der Waals surface area contributed by atoms with Gasteiger partial charge in [-0.05, 0) is 38.1 Å². The molecule has 0 fully saturated rings. The largest absolute Gasteiger partial charge is 0.346 e. The fourth-order valence-corrected chi connectivity index (χ4v) is 2.37. The van der Waals surface area contributed by atoms with Crippen LogP contribution in [0, 0.1) is 0 Å². The first-order valence-electron chi connectivity index (χ1n) is 6.27. The van der Waals surface area contributed by atoms with E-state index in [-0.39, 0.29) is 0 Å². The molecule has 0 aliphatic carbocycles. The first-order chi connectivity index (χ1) is 8.33. The lowest BCUT2D eigenvalue weighted by atomic mass is 10.2. The van der Waals surface area contributed by atoms with Crippen LogP contribution >= 0.6 is 11.6 Å². The molecule has 17 heavy (non-hydrogen) atoms. The molecule has 92 valence electrons. The molecule has 1 aromatic heterocycles. The summed E-state index contributed by atoms with van der Waals surface area (Å²) in [5.74, 6) is 0. The topological polar surface area (TPSA) is 17.0 Å². The van der Waals surface area contributed by atoms with E-state index in [0.717, 1.165) is 36.6 Å². The smallest absolute Gasteiger partial charge is 0.0669 e. The van der Waals surface area contributed by atoms with Crippen LogP contribution in [-0.2, 0) is 6.54 Å². The number of para-hydroxylation sites is 1. The van der Waals surface area contributed by atoms with Crippen LogP contribution in [0.3, 0.4) is 0 Å². The molecule has 2 rings (SSSR count). The molecule has 2 aromatic rings. The summed E-state index contributed by atoms with van der Waals surface area (Å²) in [6.45, 7) is 5.38. The minimum Gasteiger partial charge on any atom is -0.346 e. The average molecular weight is 251 g/mol. The van der Waals surface area contributed by atoms with Crippen molar-refractivity contribution in [1.29, 1.82) is 0 Å². The minimum absolute atomic E-state index is 0.842. The van der Waals surface area contributed by atoms with Crippen molar-refractivity contribution < 1.29 is 0 Å². The van der Waals surface area contributed by atoms with Crippen LogP contribution in [0.1, 0.15) is 19.8 Å². The lowest BCUT2D eigenvalue weighted by Gasteiger charge is -2.07. The highest BCUT2D eigenvalue weighted by Crippen LogP contribution is 2.24. The van der Waals surface area contributed by atoms with E-state index in [9.17, 15) is 0 Å². The molecular formula is C14H19ClN2. The number of aromatic nitrogens is 1. The summed E-state index contributed by atoms with van der Waals surface area (Å²) in [5, 5.41) is 5.48. The molecule has 0 saturated heterocycles. The highest BCUT2D eigenvalue weighted by molar-refractivity contribution is 6.35. The number of hydrogen-bond donors (Lipinski definition) is 1. The summed E-state index contributed by atoms with van der Waals surface area (Å²) >= 11 is 6.23. The molecule has 0 saturated carbocycles. The Hall–Kier alpha value is -0.990. The molecule has 2 nitrogen and oxygen atoms in total. The normalized spacial score (nSPS) is 11.2. The van der Waals surface area contributed by atoms with Crippen molar-refractivity contribution in [2.75, 3.05) is 13.1 Å². The SMILES string of the molecule is CCCNCCCn1ccc2cccc(Cl)c21. The van der Waals surface area contributed by atoms with Gasteiger partial charge in [-0.1, -0.05) is 30.7 Å². The fourth-order valence-electron chi connectivity index (χ4n) is 2.08. The second-order valence-electron chi connectivity index (χ2n) is 4.29. The van der Waals surface area contributed by atoms with Crippen LogP contribution < -0.4 is 5.32 Å². The maximum Gasteiger partial charge on any atom is 0.0669 e. The number of halogens is 1. The molecule has 0 spiro atoms. The number of hydrogen-bond acceptors (Lipinski definition) is 1.